The van der Waals surface area contributed by atoms with Gasteiger partial charge in [-0.2, -0.15) is 0 Å². The molecule has 0 atom stereocenters. The number of benzene rings is 1. The van der Waals surface area contributed by atoms with E-state index in [1.807, 2.05) is 25.3 Å². The number of primary sulfonamides is 1. The number of H-pyrrole nitrogens is 1. The van der Waals surface area contributed by atoms with Gasteiger partial charge in [-0.15, -0.1) is 0 Å². The Morgan fingerprint density at radius 1 is 1.30 bits per heavy atom. The first kappa shape index (κ1) is 12.8. The number of aliphatic imine (C=N–C) groups is 1. The van der Waals surface area contributed by atoms with Crippen LogP contribution in [0.4, 0.5) is 5.69 Å². The van der Waals surface area contributed by atoms with Crippen LogP contribution >= 0.6 is 0 Å². The van der Waals surface area contributed by atoms with Crippen molar-refractivity contribution in [2.45, 2.75) is 11.8 Å². The van der Waals surface area contributed by atoms with Crippen molar-refractivity contribution in [1.82, 2.24) is 4.98 Å². The number of hydrogen-bond donors (Lipinski definition) is 2. The molecule has 3 N–H and O–H groups in total. The standard InChI is InChI=1S/C14H13N3O2S/c1-9(13-3-2-6-16-13)12-8-17-14-5-4-10(7-11(12)14)20(15,18)19/h2-8,16H,1H3,(H2,15,18,19). The number of sulfonamides is 1. The number of aromatic amines is 1. The second kappa shape index (κ2) is 4.43. The molecule has 5 nitrogen and oxygen atoms in total. The molecule has 1 aromatic heterocycles. The maximum atomic E-state index is 11.5. The fourth-order valence-electron chi connectivity index (χ4n) is 2.23. The Bertz CT molecular complexity index is 831. The van der Waals surface area contributed by atoms with Gasteiger partial charge in [0.1, 0.15) is 0 Å². The summed E-state index contributed by atoms with van der Waals surface area (Å²) in [5.41, 5.74) is 4.40. The quantitative estimate of drug-likeness (QED) is 0.887. The fraction of sp³-hybridized carbons (Fsp3) is 0.0714. The molecular formula is C14H13N3O2S. The molecule has 3 rings (SSSR count). The number of aromatic nitrogens is 1. The minimum Gasteiger partial charge on any atom is -0.361 e. The average molecular weight is 287 g/mol. The van der Waals surface area contributed by atoms with Crippen LogP contribution in [0.3, 0.4) is 0 Å². The maximum Gasteiger partial charge on any atom is 0.238 e. The first-order valence-electron chi connectivity index (χ1n) is 6.03. The summed E-state index contributed by atoms with van der Waals surface area (Å²) < 4.78 is 22.9. The Morgan fingerprint density at radius 3 is 2.75 bits per heavy atom. The van der Waals surface area contributed by atoms with Crippen molar-refractivity contribution in [3.63, 3.8) is 0 Å². The van der Waals surface area contributed by atoms with Crippen molar-refractivity contribution in [3.8, 4) is 0 Å². The van der Waals surface area contributed by atoms with E-state index in [0.717, 1.165) is 28.1 Å². The Balaban J connectivity index is 2.19. The summed E-state index contributed by atoms with van der Waals surface area (Å²) in [6, 6.07) is 8.57. The number of nitrogens with two attached hydrogens (primary N) is 1. The topological polar surface area (TPSA) is 88.3 Å². The molecule has 0 saturated carbocycles. The van der Waals surface area contributed by atoms with E-state index >= 15 is 0 Å². The molecule has 1 aliphatic rings. The highest BCUT2D eigenvalue weighted by atomic mass is 32.2. The van der Waals surface area contributed by atoms with E-state index in [1.165, 1.54) is 6.07 Å². The van der Waals surface area contributed by atoms with E-state index in [2.05, 4.69) is 9.98 Å². The van der Waals surface area contributed by atoms with Crippen LogP contribution in [0.5, 0.6) is 0 Å². The lowest BCUT2D eigenvalue weighted by atomic mass is 10.0. The molecule has 6 heteroatoms. The Labute approximate surface area is 116 Å². The monoisotopic (exact) mass is 287 g/mol. The van der Waals surface area contributed by atoms with Crippen LogP contribution in [0.25, 0.3) is 11.1 Å². The van der Waals surface area contributed by atoms with Crippen LogP contribution in [-0.2, 0) is 10.0 Å². The van der Waals surface area contributed by atoms with E-state index in [9.17, 15) is 8.42 Å². The first-order chi connectivity index (χ1) is 9.47. The summed E-state index contributed by atoms with van der Waals surface area (Å²) in [5.74, 6) is 0. The van der Waals surface area contributed by atoms with Crippen LogP contribution in [0.15, 0.2) is 46.4 Å². The van der Waals surface area contributed by atoms with Crippen LogP contribution in [-0.4, -0.2) is 19.6 Å². The van der Waals surface area contributed by atoms with Gasteiger partial charge in [-0.05, 0) is 42.8 Å². The molecule has 102 valence electrons. The van der Waals surface area contributed by atoms with Crippen LogP contribution in [0.2, 0.25) is 0 Å². The number of nitrogens with one attached hydrogen (secondary N) is 1. The van der Waals surface area contributed by atoms with Gasteiger partial charge in [-0.1, -0.05) is 0 Å². The molecule has 0 radical (unpaired) electrons. The molecule has 0 amide bonds. The zero-order valence-corrected chi connectivity index (χ0v) is 11.6. The summed E-state index contributed by atoms with van der Waals surface area (Å²) in [6.07, 6.45) is 3.58. The van der Waals surface area contributed by atoms with Crippen LogP contribution < -0.4 is 5.14 Å². The second-order valence-corrected chi connectivity index (χ2v) is 6.17. The van der Waals surface area contributed by atoms with Gasteiger partial charge in [0, 0.05) is 29.2 Å². The van der Waals surface area contributed by atoms with Gasteiger partial charge in [0.25, 0.3) is 0 Å². The predicted molar refractivity (Wildman–Crippen MR) is 79.2 cm³/mol. The smallest absolute Gasteiger partial charge is 0.238 e. The molecular weight excluding hydrogens is 274 g/mol. The highest BCUT2D eigenvalue weighted by Crippen LogP contribution is 2.36. The van der Waals surface area contributed by atoms with Gasteiger partial charge in [-0.3, -0.25) is 4.99 Å². The Kier molecular flexibility index (Phi) is 2.84. The summed E-state index contributed by atoms with van der Waals surface area (Å²) >= 11 is 0. The zero-order valence-electron chi connectivity index (χ0n) is 10.8. The number of hydrogen-bond acceptors (Lipinski definition) is 3. The van der Waals surface area contributed by atoms with Gasteiger partial charge in [0.05, 0.1) is 10.6 Å². The van der Waals surface area contributed by atoms with E-state index < -0.39 is 10.0 Å². The molecule has 1 aliphatic heterocycles. The molecule has 0 spiro atoms. The maximum absolute atomic E-state index is 11.5. The molecule has 0 bridgehead atoms. The third-order valence-electron chi connectivity index (χ3n) is 3.33. The molecule has 2 aromatic rings. The number of allylic oxidation sites excluding steroid dienone is 2. The average Bonchev–Trinajstić information content (AvgIpc) is 3.06. The van der Waals surface area contributed by atoms with Gasteiger partial charge >= 0.3 is 0 Å². The SMILES string of the molecule is CC(=C1C=Nc2ccc(S(N)(=O)=O)cc21)c1ccc[nH]1. The van der Waals surface area contributed by atoms with Gasteiger partial charge in [0.2, 0.25) is 10.0 Å². The molecule has 0 fully saturated rings. The predicted octanol–water partition coefficient (Wildman–Crippen LogP) is 2.31. The molecule has 0 aliphatic carbocycles. The molecule has 0 saturated heterocycles. The summed E-state index contributed by atoms with van der Waals surface area (Å²) in [5, 5.41) is 5.18. The summed E-state index contributed by atoms with van der Waals surface area (Å²) in [6.45, 7) is 1.96. The molecule has 2 heterocycles. The summed E-state index contributed by atoms with van der Waals surface area (Å²) in [7, 11) is -3.71. The fourth-order valence-corrected chi connectivity index (χ4v) is 2.77. The van der Waals surface area contributed by atoms with Crippen molar-refractivity contribution in [2.24, 2.45) is 10.1 Å². The summed E-state index contributed by atoms with van der Waals surface area (Å²) in [4.78, 5) is 7.53. The minimum absolute atomic E-state index is 0.0959. The third-order valence-corrected chi connectivity index (χ3v) is 4.24. The lowest BCUT2D eigenvalue weighted by molar-refractivity contribution is 0.598. The van der Waals surface area contributed by atoms with Gasteiger partial charge in [-0.25, -0.2) is 13.6 Å². The molecule has 0 unspecified atom stereocenters. The van der Waals surface area contributed by atoms with Crippen molar-refractivity contribution < 1.29 is 8.42 Å². The number of nitrogens with zero attached hydrogens (tertiary/aromatic N) is 1. The third kappa shape index (κ3) is 2.09. The van der Waals surface area contributed by atoms with Gasteiger partial charge < -0.3 is 4.98 Å². The van der Waals surface area contributed by atoms with Crippen molar-refractivity contribution >= 4 is 33.1 Å². The van der Waals surface area contributed by atoms with E-state index in [0.29, 0.717) is 0 Å². The van der Waals surface area contributed by atoms with E-state index in [1.54, 1.807) is 18.3 Å². The molecule has 1 aromatic carbocycles. The second-order valence-electron chi connectivity index (χ2n) is 4.60. The lowest BCUT2D eigenvalue weighted by Gasteiger charge is -2.06. The molecule has 20 heavy (non-hydrogen) atoms. The Morgan fingerprint density at radius 2 is 2.10 bits per heavy atom. The van der Waals surface area contributed by atoms with Crippen LogP contribution in [0.1, 0.15) is 18.2 Å². The number of rotatable bonds is 2. The normalized spacial score (nSPS) is 16.3. The largest absolute Gasteiger partial charge is 0.361 e. The van der Waals surface area contributed by atoms with Crippen molar-refractivity contribution in [2.75, 3.05) is 0 Å². The highest BCUT2D eigenvalue weighted by Gasteiger charge is 2.19. The highest BCUT2D eigenvalue weighted by molar-refractivity contribution is 7.89. The number of fused-ring (bicyclic) bond motifs is 1. The van der Waals surface area contributed by atoms with Crippen LogP contribution in [0, 0.1) is 0 Å². The Hall–Kier alpha value is -2.18. The van der Waals surface area contributed by atoms with E-state index in [4.69, 9.17) is 5.14 Å². The van der Waals surface area contributed by atoms with Crippen molar-refractivity contribution in [1.29, 1.82) is 0 Å². The zero-order chi connectivity index (χ0) is 14.3. The first-order valence-corrected chi connectivity index (χ1v) is 7.57. The lowest BCUT2D eigenvalue weighted by Crippen LogP contribution is -2.12. The van der Waals surface area contributed by atoms with Crippen molar-refractivity contribution in [3.05, 3.63) is 47.8 Å². The minimum atomic E-state index is -3.71. The van der Waals surface area contributed by atoms with E-state index in [-0.39, 0.29) is 4.90 Å². The van der Waals surface area contributed by atoms with Gasteiger partial charge in [0.15, 0.2) is 0 Å².